The van der Waals surface area contributed by atoms with Gasteiger partial charge in [0, 0.05) is 10.9 Å². The van der Waals surface area contributed by atoms with Gasteiger partial charge in [0.2, 0.25) is 0 Å². The quantitative estimate of drug-likeness (QED) is 0.0968. The lowest BCUT2D eigenvalue weighted by atomic mass is 9.83. The Morgan fingerprint density at radius 1 is 0.472 bits per heavy atom. The number of furan rings is 1. The van der Waals surface area contributed by atoms with Crippen LogP contribution in [0.2, 0.25) is 0 Å². The highest BCUT2D eigenvalue weighted by atomic mass is 16.3. The first-order valence-electron chi connectivity index (χ1n) is 18.1. The molecule has 0 atom stereocenters. The molecule has 1 aromatic heterocycles. The molecule has 254 valence electrons. The zero-order valence-corrected chi connectivity index (χ0v) is 30.1. The summed E-state index contributed by atoms with van der Waals surface area (Å²) in [7, 11) is 0. The van der Waals surface area contributed by atoms with Crippen LogP contribution in [0.4, 0.5) is 0 Å². The van der Waals surface area contributed by atoms with Gasteiger partial charge in [-0.25, -0.2) is 0 Å². The summed E-state index contributed by atoms with van der Waals surface area (Å²) in [5, 5.41) is 8.61. The van der Waals surface area contributed by atoms with Gasteiger partial charge in [-0.3, -0.25) is 0 Å². The number of hydrogen-bond donors (Lipinski definition) is 0. The van der Waals surface area contributed by atoms with Crippen LogP contribution in [-0.4, -0.2) is 0 Å². The first-order valence-corrected chi connectivity index (χ1v) is 18.1. The van der Waals surface area contributed by atoms with E-state index in [1.807, 2.05) is 19.9 Å². The lowest BCUT2D eigenvalue weighted by Crippen LogP contribution is -1.92. The normalized spacial score (nSPS) is 11.3. The van der Waals surface area contributed by atoms with E-state index in [0.29, 0.717) is 0 Å². The smallest absolute Gasteiger partial charge is 0.134 e. The fourth-order valence-electron chi connectivity index (χ4n) is 7.65. The minimum atomic E-state index is 0.894. The van der Waals surface area contributed by atoms with E-state index in [0.717, 1.165) is 27.9 Å². The third-order valence-corrected chi connectivity index (χ3v) is 10.0. The first kappa shape index (κ1) is 33.4. The monoisotopic (exact) mass is 680 g/mol. The third kappa shape index (κ3) is 6.17. The molecule has 0 amide bonds. The Bertz CT molecular complexity index is 2810. The number of fused-ring (bicyclic) bond motifs is 4. The van der Waals surface area contributed by atoms with Crippen molar-refractivity contribution >= 4 is 49.4 Å². The highest BCUT2D eigenvalue weighted by Crippen LogP contribution is 2.46. The third-order valence-electron chi connectivity index (χ3n) is 10.0. The van der Waals surface area contributed by atoms with Crippen LogP contribution in [-0.2, 0) is 0 Å². The molecule has 53 heavy (non-hydrogen) atoms. The first-order chi connectivity index (χ1) is 26.1. The van der Waals surface area contributed by atoms with E-state index in [1.165, 1.54) is 71.3 Å². The summed E-state index contributed by atoms with van der Waals surface area (Å²) in [5.74, 6) is 0.908. The molecule has 9 rings (SSSR count). The van der Waals surface area contributed by atoms with Crippen molar-refractivity contribution in [1.29, 1.82) is 0 Å². The van der Waals surface area contributed by atoms with E-state index in [-0.39, 0.29) is 0 Å². The molecule has 0 aliphatic rings. The van der Waals surface area contributed by atoms with Gasteiger partial charge in [0.05, 0.1) is 0 Å². The molecule has 0 aliphatic carbocycles. The van der Waals surface area contributed by atoms with Crippen molar-refractivity contribution in [1.82, 2.24) is 0 Å². The molecular weight excluding hydrogens is 641 g/mol. The zero-order valence-electron chi connectivity index (χ0n) is 30.1. The van der Waals surface area contributed by atoms with Crippen molar-refractivity contribution in [3.63, 3.8) is 0 Å². The van der Waals surface area contributed by atoms with Crippen molar-refractivity contribution in [2.45, 2.75) is 13.8 Å². The Morgan fingerprint density at radius 2 is 1.02 bits per heavy atom. The summed E-state index contributed by atoms with van der Waals surface area (Å²) in [6.07, 6.45) is 7.58. The Kier molecular flexibility index (Phi) is 9.15. The molecule has 0 radical (unpaired) electrons. The summed E-state index contributed by atoms with van der Waals surface area (Å²) >= 11 is 0. The van der Waals surface area contributed by atoms with E-state index >= 15 is 0 Å². The molecule has 1 heteroatoms. The summed E-state index contributed by atoms with van der Waals surface area (Å²) in [4.78, 5) is 0. The second kappa shape index (κ2) is 14.5. The highest BCUT2D eigenvalue weighted by molar-refractivity contribution is 6.24. The van der Waals surface area contributed by atoms with Crippen LogP contribution >= 0.6 is 0 Å². The van der Waals surface area contributed by atoms with Crippen molar-refractivity contribution < 1.29 is 4.42 Å². The molecule has 0 saturated heterocycles. The number of hydrogen-bond acceptors (Lipinski definition) is 1. The van der Waals surface area contributed by atoms with Crippen molar-refractivity contribution in [2.75, 3.05) is 0 Å². The number of aryl methyl sites for hydroxylation is 1. The number of rotatable bonds is 6. The van der Waals surface area contributed by atoms with Crippen LogP contribution in [0.3, 0.4) is 0 Å². The second-order valence-corrected chi connectivity index (χ2v) is 13.3. The largest absolute Gasteiger partial charge is 0.461 e. The van der Waals surface area contributed by atoms with Gasteiger partial charge in [0.1, 0.15) is 11.3 Å². The summed E-state index contributed by atoms with van der Waals surface area (Å²) < 4.78 is 6.07. The van der Waals surface area contributed by atoms with E-state index in [1.54, 1.807) is 12.2 Å². The molecule has 0 spiro atoms. The standard InChI is InChI=1S/C49H34O.C3H6/c1-3-4-17-39-32(2)50-47-29-27-38(30-45(39)47)34-22-24-36(25-23-34)48-42-19-10-11-20-43(42)49(41-21-12-16-35-15-8-9-18-40(35)41)44-28-26-37(31-46(44)48)33-13-6-5-7-14-33;1-3-2/h3-31H,1H2,2H3;3H,1H2,2H3/b17-4-;. The van der Waals surface area contributed by atoms with Crippen LogP contribution in [0, 0.1) is 6.92 Å². The summed E-state index contributed by atoms with van der Waals surface area (Å²) in [6.45, 7) is 11.1. The zero-order chi connectivity index (χ0) is 36.3. The van der Waals surface area contributed by atoms with Gasteiger partial charge in [-0.15, -0.1) is 6.58 Å². The molecule has 0 N–H and O–H groups in total. The van der Waals surface area contributed by atoms with Gasteiger partial charge in [-0.1, -0.05) is 170 Å². The molecule has 0 unspecified atom stereocenters. The maximum absolute atomic E-state index is 6.07. The predicted molar refractivity (Wildman–Crippen MR) is 230 cm³/mol. The van der Waals surface area contributed by atoms with Crippen molar-refractivity contribution in [3.05, 3.63) is 200 Å². The Hall–Kier alpha value is -6.70. The molecule has 0 bridgehead atoms. The van der Waals surface area contributed by atoms with E-state index in [9.17, 15) is 0 Å². The van der Waals surface area contributed by atoms with Gasteiger partial charge in [-0.2, -0.15) is 0 Å². The summed E-state index contributed by atoms with van der Waals surface area (Å²) in [6, 6.07) is 57.5. The minimum Gasteiger partial charge on any atom is -0.461 e. The van der Waals surface area contributed by atoms with Gasteiger partial charge >= 0.3 is 0 Å². The fourth-order valence-corrected chi connectivity index (χ4v) is 7.65. The van der Waals surface area contributed by atoms with Crippen molar-refractivity contribution in [2.24, 2.45) is 0 Å². The Balaban J connectivity index is 0.00000129. The fraction of sp³-hybridized carbons (Fsp3) is 0.0385. The van der Waals surface area contributed by atoms with Gasteiger partial charge < -0.3 is 4.42 Å². The SMILES string of the molecule is C=C/C=C\c1c(C)oc2ccc(-c3ccc(-c4c5ccccc5c(-c5cccc6ccccc56)c5ccc(-c6ccccc6)cc45)cc3)cc12.C=CC. The number of allylic oxidation sites excluding steroid dienone is 3. The van der Waals surface area contributed by atoms with Gasteiger partial charge in [-0.05, 0) is 109 Å². The molecule has 1 heterocycles. The molecule has 1 nitrogen and oxygen atoms in total. The lowest BCUT2D eigenvalue weighted by molar-refractivity contribution is 0.577. The van der Waals surface area contributed by atoms with Crippen molar-refractivity contribution in [3.8, 4) is 44.5 Å². The van der Waals surface area contributed by atoms with E-state index < -0.39 is 0 Å². The Labute approximate surface area is 311 Å². The highest BCUT2D eigenvalue weighted by Gasteiger charge is 2.19. The van der Waals surface area contributed by atoms with Gasteiger partial charge in [0.25, 0.3) is 0 Å². The molecule has 0 fully saturated rings. The Morgan fingerprint density at radius 3 is 1.75 bits per heavy atom. The topological polar surface area (TPSA) is 13.1 Å². The minimum absolute atomic E-state index is 0.894. The molecule has 0 aliphatic heterocycles. The van der Waals surface area contributed by atoms with Crippen LogP contribution in [0.25, 0.3) is 93.9 Å². The van der Waals surface area contributed by atoms with E-state index in [2.05, 4.69) is 177 Å². The maximum atomic E-state index is 6.07. The van der Waals surface area contributed by atoms with E-state index in [4.69, 9.17) is 4.42 Å². The number of benzene rings is 8. The maximum Gasteiger partial charge on any atom is 0.134 e. The lowest BCUT2D eigenvalue weighted by Gasteiger charge is -2.20. The van der Waals surface area contributed by atoms with Crippen LogP contribution in [0.5, 0.6) is 0 Å². The average Bonchev–Trinajstić information content (AvgIpc) is 3.53. The predicted octanol–water partition coefficient (Wildman–Crippen LogP) is 15.3. The summed E-state index contributed by atoms with van der Waals surface area (Å²) in [5.41, 5.74) is 11.7. The van der Waals surface area contributed by atoms with Crippen LogP contribution in [0.1, 0.15) is 18.2 Å². The van der Waals surface area contributed by atoms with Crippen LogP contribution in [0.15, 0.2) is 194 Å². The molecular formula is C52H40O. The van der Waals surface area contributed by atoms with Gasteiger partial charge in [0.15, 0.2) is 0 Å². The molecule has 9 aromatic rings. The second-order valence-electron chi connectivity index (χ2n) is 13.3. The van der Waals surface area contributed by atoms with Crippen LogP contribution < -0.4 is 0 Å². The molecule has 0 saturated carbocycles. The average molecular weight is 681 g/mol. The molecule has 8 aromatic carbocycles.